The van der Waals surface area contributed by atoms with Crippen LogP contribution in [0.3, 0.4) is 0 Å². The van der Waals surface area contributed by atoms with Crippen molar-refractivity contribution in [2.45, 2.75) is 25.4 Å². The second kappa shape index (κ2) is 8.31. The molecule has 2 amide bonds. The van der Waals surface area contributed by atoms with Gasteiger partial charge in [-0.3, -0.25) is 9.59 Å². The van der Waals surface area contributed by atoms with Gasteiger partial charge >= 0.3 is 0 Å². The topological polar surface area (TPSA) is 60.9 Å². The molecule has 1 unspecified atom stereocenters. The number of hydrogen-bond donors (Lipinski definition) is 1. The summed E-state index contributed by atoms with van der Waals surface area (Å²) in [4.78, 5) is 27.4. The molecule has 142 valence electrons. The van der Waals surface area contributed by atoms with Crippen LogP contribution in [-0.2, 0) is 4.79 Å². The van der Waals surface area contributed by atoms with Gasteiger partial charge in [0, 0.05) is 12.1 Å². The monoisotopic (exact) mass is 370 g/mol. The fourth-order valence-corrected chi connectivity index (χ4v) is 3.46. The van der Waals surface area contributed by atoms with Crippen molar-refractivity contribution < 1.29 is 19.1 Å². The van der Waals surface area contributed by atoms with E-state index in [0.29, 0.717) is 12.1 Å². The second-order valence-electron chi connectivity index (χ2n) is 6.87. The first kappa shape index (κ1) is 19.0. The van der Waals surface area contributed by atoms with Gasteiger partial charge in [0.2, 0.25) is 5.91 Å². The van der Waals surface area contributed by atoms with Gasteiger partial charge in [0.05, 0.1) is 18.7 Å². The van der Waals surface area contributed by atoms with Crippen LogP contribution in [0.25, 0.3) is 0 Å². The first-order chi connectivity index (χ1) is 13.0. The maximum Gasteiger partial charge on any atom is 0.254 e. The third kappa shape index (κ3) is 4.34. The van der Waals surface area contributed by atoms with Crippen molar-refractivity contribution in [2.75, 3.05) is 19.7 Å². The lowest BCUT2D eigenvalue weighted by Crippen LogP contribution is -2.69. The lowest BCUT2D eigenvalue weighted by atomic mass is 9.90. The van der Waals surface area contributed by atoms with E-state index in [1.807, 2.05) is 18.2 Å². The van der Waals surface area contributed by atoms with Crippen LogP contribution in [-0.4, -0.2) is 58.5 Å². The van der Waals surface area contributed by atoms with E-state index in [4.69, 9.17) is 5.11 Å². The van der Waals surface area contributed by atoms with Gasteiger partial charge < -0.3 is 14.9 Å². The van der Waals surface area contributed by atoms with Crippen LogP contribution in [0, 0.1) is 12.7 Å². The molecule has 4 rings (SSSR count). The molecule has 2 saturated heterocycles. The number of amides is 2. The molecule has 2 aliphatic heterocycles. The van der Waals surface area contributed by atoms with Crippen LogP contribution >= 0.6 is 0 Å². The molecular formula is C21H23FN2O3. The molecule has 27 heavy (non-hydrogen) atoms. The van der Waals surface area contributed by atoms with Gasteiger partial charge in [-0.25, -0.2) is 4.39 Å². The Morgan fingerprint density at radius 2 is 1.81 bits per heavy atom. The minimum Gasteiger partial charge on any atom is -0.394 e. The minimum atomic E-state index is -0.396. The number of carbonyl (C=O) groups excluding carboxylic acids is 2. The normalized spacial score (nSPS) is 20.9. The standard InChI is InChI=1S/C14H15FN2O3.C7H8/c15-10-3-1-9(2-4-10)14(20)16-6-11-5-12(8-18)17(11)13(19)7-16;1-7-5-3-2-4-6-7/h1-4,11-12,18H,5-8H2;2-6H,1H3/t11-,12?;/m1./s1. The van der Waals surface area contributed by atoms with Crippen LogP contribution in [0.5, 0.6) is 0 Å². The molecule has 1 N–H and O–H groups in total. The Bertz CT molecular complexity index is 795. The van der Waals surface area contributed by atoms with E-state index in [-0.39, 0.29) is 37.0 Å². The van der Waals surface area contributed by atoms with Crippen LogP contribution in [0.4, 0.5) is 4.39 Å². The van der Waals surface area contributed by atoms with E-state index in [1.54, 1.807) is 4.90 Å². The highest BCUT2D eigenvalue weighted by atomic mass is 19.1. The van der Waals surface area contributed by atoms with Crippen LogP contribution < -0.4 is 0 Å². The largest absolute Gasteiger partial charge is 0.394 e. The molecule has 0 spiro atoms. The van der Waals surface area contributed by atoms with Gasteiger partial charge in [0.25, 0.3) is 5.91 Å². The molecule has 2 aromatic rings. The predicted octanol–water partition coefficient (Wildman–Crippen LogP) is 2.24. The number of piperazine rings is 1. The molecule has 0 aromatic heterocycles. The van der Waals surface area contributed by atoms with Crippen molar-refractivity contribution in [1.29, 1.82) is 0 Å². The smallest absolute Gasteiger partial charge is 0.254 e. The van der Waals surface area contributed by atoms with E-state index in [2.05, 4.69) is 19.1 Å². The van der Waals surface area contributed by atoms with Crippen molar-refractivity contribution in [1.82, 2.24) is 9.80 Å². The van der Waals surface area contributed by atoms with Crippen molar-refractivity contribution >= 4 is 11.8 Å². The van der Waals surface area contributed by atoms with Crippen LogP contribution in [0.2, 0.25) is 0 Å². The SMILES string of the molecule is Cc1ccccc1.O=C(c1ccc(F)cc1)N1CC(=O)N2C(CO)C[C@@H]2C1. The fourth-order valence-electron chi connectivity index (χ4n) is 3.46. The molecular weight excluding hydrogens is 347 g/mol. The molecule has 2 atom stereocenters. The molecule has 2 aromatic carbocycles. The Hall–Kier alpha value is -2.73. The Kier molecular flexibility index (Phi) is 5.86. The highest BCUT2D eigenvalue weighted by Gasteiger charge is 2.46. The van der Waals surface area contributed by atoms with Gasteiger partial charge in [-0.05, 0) is 37.6 Å². The Morgan fingerprint density at radius 1 is 1.15 bits per heavy atom. The number of fused-ring (bicyclic) bond motifs is 1. The highest BCUT2D eigenvalue weighted by Crippen LogP contribution is 2.30. The fraction of sp³-hybridized carbons (Fsp3) is 0.333. The van der Waals surface area contributed by atoms with Gasteiger partial charge in [-0.2, -0.15) is 0 Å². The lowest BCUT2D eigenvalue weighted by molar-refractivity contribution is -0.155. The second-order valence-corrected chi connectivity index (χ2v) is 6.87. The maximum absolute atomic E-state index is 12.8. The zero-order valence-corrected chi connectivity index (χ0v) is 15.2. The zero-order chi connectivity index (χ0) is 19.4. The summed E-state index contributed by atoms with van der Waals surface area (Å²) in [6.45, 7) is 2.54. The van der Waals surface area contributed by atoms with Crippen molar-refractivity contribution in [3.63, 3.8) is 0 Å². The van der Waals surface area contributed by atoms with Gasteiger partial charge in [-0.1, -0.05) is 35.9 Å². The Labute approximate surface area is 158 Å². The van der Waals surface area contributed by atoms with E-state index in [1.165, 1.54) is 34.7 Å². The van der Waals surface area contributed by atoms with E-state index < -0.39 is 5.82 Å². The number of carbonyl (C=O) groups is 2. The lowest BCUT2D eigenvalue weighted by Gasteiger charge is -2.53. The average molecular weight is 370 g/mol. The molecule has 2 heterocycles. The van der Waals surface area contributed by atoms with Crippen molar-refractivity contribution in [3.05, 3.63) is 71.5 Å². The molecule has 6 heteroatoms. The number of nitrogens with zero attached hydrogens (tertiary/aromatic N) is 2. The van der Waals surface area contributed by atoms with Crippen LogP contribution in [0.1, 0.15) is 22.3 Å². The highest BCUT2D eigenvalue weighted by molar-refractivity contribution is 5.97. The quantitative estimate of drug-likeness (QED) is 0.882. The van der Waals surface area contributed by atoms with E-state index in [9.17, 15) is 14.0 Å². The van der Waals surface area contributed by atoms with E-state index >= 15 is 0 Å². The van der Waals surface area contributed by atoms with Gasteiger partial charge in [-0.15, -0.1) is 0 Å². The molecule has 2 fully saturated rings. The number of aliphatic hydroxyl groups is 1. The van der Waals surface area contributed by atoms with Gasteiger partial charge in [0.15, 0.2) is 0 Å². The zero-order valence-electron chi connectivity index (χ0n) is 15.2. The predicted molar refractivity (Wildman–Crippen MR) is 99.6 cm³/mol. The number of benzene rings is 2. The molecule has 2 aliphatic rings. The number of rotatable bonds is 2. The third-order valence-corrected chi connectivity index (χ3v) is 4.91. The summed E-state index contributed by atoms with van der Waals surface area (Å²) in [7, 11) is 0. The summed E-state index contributed by atoms with van der Waals surface area (Å²) in [6.07, 6.45) is 0.718. The first-order valence-corrected chi connectivity index (χ1v) is 8.98. The van der Waals surface area contributed by atoms with Gasteiger partial charge in [0.1, 0.15) is 12.4 Å². The molecule has 0 saturated carbocycles. The van der Waals surface area contributed by atoms with E-state index in [0.717, 1.165) is 6.42 Å². The average Bonchev–Trinajstić information content (AvgIpc) is 2.64. The first-order valence-electron chi connectivity index (χ1n) is 8.98. The minimum absolute atomic E-state index is 0.00204. The molecule has 5 nitrogen and oxygen atoms in total. The molecule has 0 radical (unpaired) electrons. The Balaban J connectivity index is 0.000000253. The molecule has 0 bridgehead atoms. The maximum atomic E-state index is 12.8. The van der Waals surface area contributed by atoms with Crippen LogP contribution in [0.15, 0.2) is 54.6 Å². The summed E-state index contributed by atoms with van der Waals surface area (Å²) in [5.41, 5.74) is 1.70. The summed E-state index contributed by atoms with van der Waals surface area (Å²) in [6, 6.07) is 15.5. The number of hydrogen-bond acceptors (Lipinski definition) is 3. The summed E-state index contributed by atoms with van der Waals surface area (Å²) >= 11 is 0. The molecule has 0 aliphatic carbocycles. The number of halogens is 1. The number of aryl methyl sites for hydroxylation is 1. The van der Waals surface area contributed by atoms with Crippen molar-refractivity contribution in [2.24, 2.45) is 0 Å². The summed E-state index contributed by atoms with van der Waals surface area (Å²) < 4.78 is 12.8. The summed E-state index contributed by atoms with van der Waals surface area (Å²) in [5, 5.41) is 9.11. The Morgan fingerprint density at radius 3 is 2.33 bits per heavy atom. The third-order valence-electron chi connectivity index (χ3n) is 4.91. The van der Waals surface area contributed by atoms with Crippen molar-refractivity contribution in [3.8, 4) is 0 Å². The summed E-state index contributed by atoms with van der Waals surface area (Å²) in [5.74, 6) is -0.792. The number of aliphatic hydroxyl groups excluding tert-OH is 1.